The number of halogens is 2. The SMILES string of the molecule is CCNC(=NCC(O)c1ccc(OC(F)F)cc1)NCCC(C)C. The summed E-state index contributed by atoms with van der Waals surface area (Å²) in [4.78, 5) is 4.35. The third kappa shape index (κ3) is 8.10. The standard InChI is InChI=1S/C17H27F2N3O2/c1-4-20-17(21-10-9-12(2)3)22-11-15(23)13-5-7-14(8-6-13)24-16(18)19/h5-8,12,15-16,23H,4,9-11H2,1-3H3,(H2,20,21,22). The summed E-state index contributed by atoms with van der Waals surface area (Å²) >= 11 is 0. The summed E-state index contributed by atoms with van der Waals surface area (Å²) in [5.74, 6) is 1.31. The predicted molar refractivity (Wildman–Crippen MR) is 91.5 cm³/mol. The predicted octanol–water partition coefficient (Wildman–Crippen LogP) is 2.92. The second kappa shape index (κ2) is 10.8. The molecule has 0 heterocycles. The van der Waals surface area contributed by atoms with Gasteiger partial charge in [-0.05, 0) is 37.0 Å². The molecule has 136 valence electrons. The number of guanidine groups is 1. The first kappa shape index (κ1) is 20.2. The number of benzene rings is 1. The molecular formula is C17H27F2N3O2. The zero-order valence-corrected chi connectivity index (χ0v) is 14.4. The molecule has 1 aromatic carbocycles. The monoisotopic (exact) mass is 343 g/mol. The number of hydrogen-bond acceptors (Lipinski definition) is 3. The van der Waals surface area contributed by atoms with Gasteiger partial charge in [0.1, 0.15) is 5.75 Å². The molecule has 3 N–H and O–H groups in total. The Kier molecular flexibility index (Phi) is 9.07. The van der Waals surface area contributed by atoms with Crippen LogP contribution in [-0.4, -0.2) is 37.3 Å². The molecule has 24 heavy (non-hydrogen) atoms. The highest BCUT2D eigenvalue weighted by atomic mass is 19.3. The van der Waals surface area contributed by atoms with Crippen molar-refractivity contribution < 1.29 is 18.6 Å². The molecule has 0 aliphatic heterocycles. The Balaban J connectivity index is 2.57. The van der Waals surface area contributed by atoms with Gasteiger partial charge in [0, 0.05) is 13.1 Å². The molecule has 0 aliphatic rings. The normalized spacial score (nSPS) is 13.2. The van der Waals surface area contributed by atoms with Crippen LogP contribution in [0.15, 0.2) is 29.3 Å². The van der Waals surface area contributed by atoms with Crippen LogP contribution in [0, 0.1) is 5.92 Å². The highest BCUT2D eigenvalue weighted by Crippen LogP contribution is 2.19. The zero-order valence-electron chi connectivity index (χ0n) is 14.4. The van der Waals surface area contributed by atoms with Crippen LogP contribution in [0.4, 0.5) is 8.78 Å². The quantitative estimate of drug-likeness (QED) is 0.476. The maximum atomic E-state index is 12.1. The van der Waals surface area contributed by atoms with Gasteiger partial charge in [-0.1, -0.05) is 26.0 Å². The first-order valence-electron chi connectivity index (χ1n) is 8.17. The minimum atomic E-state index is -2.86. The van der Waals surface area contributed by atoms with E-state index >= 15 is 0 Å². The molecule has 1 unspecified atom stereocenters. The van der Waals surface area contributed by atoms with Gasteiger partial charge in [0.05, 0.1) is 12.6 Å². The minimum Gasteiger partial charge on any atom is -0.435 e. The van der Waals surface area contributed by atoms with Gasteiger partial charge >= 0.3 is 6.61 Å². The summed E-state index contributed by atoms with van der Waals surface area (Å²) in [6.45, 7) is 5.12. The minimum absolute atomic E-state index is 0.0631. The van der Waals surface area contributed by atoms with Crippen molar-refractivity contribution >= 4 is 5.96 Å². The van der Waals surface area contributed by atoms with Crippen molar-refractivity contribution in [2.75, 3.05) is 19.6 Å². The molecule has 0 bridgehead atoms. The number of hydrogen-bond donors (Lipinski definition) is 3. The number of alkyl halides is 2. The van der Waals surface area contributed by atoms with E-state index < -0.39 is 12.7 Å². The smallest absolute Gasteiger partial charge is 0.387 e. The van der Waals surface area contributed by atoms with Crippen molar-refractivity contribution in [3.63, 3.8) is 0 Å². The molecule has 0 saturated heterocycles. The highest BCUT2D eigenvalue weighted by Gasteiger charge is 2.09. The van der Waals surface area contributed by atoms with Gasteiger partial charge in [0.25, 0.3) is 0 Å². The van der Waals surface area contributed by atoms with E-state index in [2.05, 4.69) is 34.2 Å². The van der Waals surface area contributed by atoms with Gasteiger partial charge in [-0.15, -0.1) is 0 Å². The molecule has 5 nitrogen and oxygen atoms in total. The summed E-state index contributed by atoms with van der Waals surface area (Å²) in [5.41, 5.74) is 0.596. The Morgan fingerprint density at radius 2 is 1.88 bits per heavy atom. The summed E-state index contributed by atoms with van der Waals surface area (Å²) < 4.78 is 28.5. The molecule has 0 amide bonds. The summed E-state index contributed by atoms with van der Waals surface area (Å²) in [6, 6.07) is 5.91. The third-order valence-electron chi connectivity index (χ3n) is 3.27. The molecule has 0 saturated carbocycles. The van der Waals surface area contributed by atoms with Crippen LogP contribution in [0.25, 0.3) is 0 Å². The number of aliphatic hydroxyl groups is 1. The number of rotatable bonds is 9. The molecule has 0 aromatic heterocycles. The Morgan fingerprint density at radius 3 is 2.42 bits per heavy atom. The fourth-order valence-corrected chi connectivity index (χ4v) is 1.98. The number of nitrogens with one attached hydrogen (secondary N) is 2. The average Bonchev–Trinajstić information content (AvgIpc) is 2.52. The van der Waals surface area contributed by atoms with E-state index in [0.717, 1.165) is 19.5 Å². The van der Waals surface area contributed by atoms with Gasteiger partial charge in [0.15, 0.2) is 5.96 Å². The molecule has 0 radical (unpaired) electrons. The van der Waals surface area contributed by atoms with E-state index in [1.165, 1.54) is 12.1 Å². The van der Waals surface area contributed by atoms with Gasteiger partial charge in [0.2, 0.25) is 0 Å². The number of aliphatic hydroxyl groups excluding tert-OH is 1. The number of nitrogens with zero attached hydrogens (tertiary/aromatic N) is 1. The maximum absolute atomic E-state index is 12.1. The van der Waals surface area contributed by atoms with E-state index in [4.69, 9.17) is 0 Å². The van der Waals surface area contributed by atoms with Crippen LogP contribution >= 0.6 is 0 Å². The number of ether oxygens (including phenoxy) is 1. The van der Waals surface area contributed by atoms with Crippen LogP contribution in [0.1, 0.15) is 38.9 Å². The van der Waals surface area contributed by atoms with E-state index in [-0.39, 0.29) is 12.3 Å². The summed E-state index contributed by atoms with van der Waals surface area (Å²) in [5, 5.41) is 16.5. The van der Waals surface area contributed by atoms with Crippen LogP contribution < -0.4 is 15.4 Å². The van der Waals surface area contributed by atoms with Crippen LogP contribution in [0.3, 0.4) is 0 Å². The van der Waals surface area contributed by atoms with Crippen molar-refractivity contribution in [2.24, 2.45) is 10.9 Å². The second-order valence-electron chi connectivity index (χ2n) is 5.79. The lowest BCUT2D eigenvalue weighted by Gasteiger charge is -2.14. The second-order valence-corrected chi connectivity index (χ2v) is 5.79. The molecule has 0 fully saturated rings. The first-order valence-corrected chi connectivity index (χ1v) is 8.17. The maximum Gasteiger partial charge on any atom is 0.387 e. The molecule has 1 rings (SSSR count). The molecule has 0 aliphatic carbocycles. The van der Waals surface area contributed by atoms with E-state index in [9.17, 15) is 13.9 Å². The van der Waals surface area contributed by atoms with Gasteiger partial charge in [-0.2, -0.15) is 8.78 Å². The van der Waals surface area contributed by atoms with E-state index in [1.807, 2.05) is 6.92 Å². The van der Waals surface area contributed by atoms with Crippen molar-refractivity contribution in [1.82, 2.24) is 10.6 Å². The Morgan fingerprint density at radius 1 is 1.21 bits per heavy atom. The highest BCUT2D eigenvalue weighted by molar-refractivity contribution is 5.79. The van der Waals surface area contributed by atoms with Crippen LogP contribution in [-0.2, 0) is 0 Å². The van der Waals surface area contributed by atoms with Crippen molar-refractivity contribution in [3.05, 3.63) is 29.8 Å². The van der Waals surface area contributed by atoms with Gasteiger partial charge < -0.3 is 20.5 Å². The Hall–Kier alpha value is -1.89. The fourth-order valence-electron chi connectivity index (χ4n) is 1.98. The zero-order chi connectivity index (χ0) is 17.9. The number of aliphatic imine (C=N–C) groups is 1. The van der Waals surface area contributed by atoms with E-state index in [1.54, 1.807) is 12.1 Å². The first-order chi connectivity index (χ1) is 11.4. The lowest BCUT2D eigenvalue weighted by molar-refractivity contribution is -0.0498. The lowest BCUT2D eigenvalue weighted by atomic mass is 10.1. The van der Waals surface area contributed by atoms with Crippen LogP contribution in [0.2, 0.25) is 0 Å². The molecule has 1 aromatic rings. The van der Waals surface area contributed by atoms with Crippen LogP contribution in [0.5, 0.6) is 5.75 Å². The Labute approximate surface area is 142 Å². The van der Waals surface area contributed by atoms with Gasteiger partial charge in [-0.3, -0.25) is 4.99 Å². The van der Waals surface area contributed by atoms with Gasteiger partial charge in [-0.25, -0.2) is 0 Å². The third-order valence-corrected chi connectivity index (χ3v) is 3.27. The lowest BCUT2D eigenvalue weighted by Crippen LogP contribution is -2.38. The molecular weight excluding hydrogens is 316 g/mol. The molecule has 1 atom stereocenters. The summed E-state index contributed by atoms with van der Waals surface area (Å²) in [7, 11) is 0. The fraction of sp³-hybridized carbons (Fsp3) is 0.588. The topological polar surface area (TPSA) is 65.9 Å². The Bertz CT molecular complexity index is 493. The summed E-state index contributed by atoms with van der Waals surface area (Å²) in [6.07, 6.45) is 0.213. The molecule has 7 heteroatoms. The van der Waals surface area contributed by atoms with Crippen molar-refractivity contribution in [3.8, 4) is 5.75 Å². The van der Waals surface area contributed by atoms with Crippen molar-refractivity contribution in [2.45, 2.75) is 39.9 Å². The average molecular weight is 343 g/mol. The molecule has 0 spiro atoms. The van der Waals surface area contributed by atoms with E-state index in [0.29, 0.717) is 17.4 Å². The van der Waals surface area contributed by atoms with Crippen molar-refractivity contribution in [1.29, 1.82) is 0 Å². The largest absolute Gasteiger partial charge is 0.435 e.